The molecule has 0 unspecified atom stereocenters. The van der Waals surface area contributed by atoms with Crippen LogP contribution in [0, 0.1) is 20.8 Å². The topological polar surface area (TPSA) is 52.7 Å². The quantitative estimate of drug-likeness (QED) is 0.348. The number of ketones is 1. The van der Waals surface area contributed by atoms with Crippen molar-refractivity contribution in [3.05, 3.63) is 40.5 Å². The van der Waals surface area contributed by atoms with Crippen molar-refractivity contribution in [3.8, 4) is 0 Å². The number of aryl methyl sites for hydroxylation is 2. The number of allylic oxidation sites excluding steroid dienone is 2. The normalized spacial score (nSPS) is 17.0. The van der Waals surface area contributed by atoms with Crippen LogP contribution < -0.4 is 0 Å². The third kappa shape index (κ3) is 4.12. The molecule has 2 heterocycles. The van der Waals surface area contributed by atoms with E-state index < -0.39 is 0 Å². The summed E-state index contributed by atoms with van der Waals surface area (Å²) in [5.41, 5.74) is 4.72. The summed E-state index contributed by atoms with van der Waals surface area (Å²) in [4.78, 5) is 12.9. The van der Waals surface area contributed by atoms with Crippen molar-refractivity contribution < 1.29 is 4.79 Å². The van der Waals surface area contributed by atoms with Gasteiger partial charge in [0.15, 0.2) is 10.9 Å². The zero-order chi connectivity index (χ0) is 19.7. The third-order valence-electron chi connectivity index (χ3n) is 5.99. The fraction of sp³-hybridized carbons (Fsp3) is 0.591. The van der Waals surface area contributed by atoms with Crippen molar-refractivity contribution in [2.45, 2.75) is 83.5 Å². The molecule has 1 fully saturated rings. The van der Waals surface area contributed by atoms with E-state index in [9.17, 15) is 4.79 Å². The lowest BCUT2D eigenvalue weighted by molar-refractivity contribution is 0.102. The highest BCUT2D eigenvalue weighted by Gasteiger charge is 2.28. The first-order valence-electron chi connectivity index (χ1n) is 10.5. The van der Waals surface area contributed by atoms with Crippen LogP contribution >= 0.6 is 11.8 Å². The van der Waals surface area contributed by atoms with Crippen molar-refractivity contribution in [3.63, 3.8) is 0 Å². The number of rotatable bonds is 8. The lowest BCUT2D eigenvalue weighted by atomic mass is 9.97. The summed E-state index contributed by atoms with van der Waals surface area (Å²) in [5.74, 6) is 1.55. The Kier molecular flexibility index (Phi) is 5.76. The molecule has 0 aromatic carbocycles. The molecule has 6 heteroatoms. The lowest BCUT2D eigenvalue weighted by Gasteiger charge is -2.15. The Labute approximate surface area is 171 Å². The minimum absolute atomic E-state index is 0.184. The van der Waals surface area contributed by atoms with E-state index in [0.29, 0.717) is 11.8 Å². The summed E-state index contributed by atoms with van der Waals surface area (Å²) in [6.45, 7) is 7.15. The van der Waals surface area contributed by atoms with Crippen molar-refractivity contribution >= 4 is 17.5 Å². The molecule has 0 saturated heterocycles. The maximum Gasteiger partial charge on any atom is 0.191 e. The van der Waals surface area contributed by atoms with Crippen LogP contribution in [0.2, 0.25) is 0 Å². The molecule has 0 bridgehead atoms. The van der Waals surface area contributed by atoms with Gasteiger partial charge in [0.2, 0.25) is 0 Å². The monoisotopic (exact) mass is 398 g/mol. The maximum atomic E-state index is 12.9. The zero-order valence-electron chi connectivity index (χ0n) is 17.2. The van der Waals surface area contributed by atoms with E-state index in [0.717, 1.165) is 35.2 Å². The summed E-state index contributed by atoms with van der Waals surface area (Å²) in [6, 6.07) is 2.59. The van der Waals surface area contributed by atoms with Crippen LogP contribution in [0.4, 0.5) is 0 Å². The molecule has 28 heavy (non-hydrogen) atoms. The number of Topliss-reactive ketones (excluding diaryl/α,β-unsaturated/α-hetero) is 1. The second-order valence-electron chi connectivity index (χ2n) is 8.14. The highest BCUT2D eigenvalue weighted by atomic mass is 32.2. The molecule has 4 rings (SSSR count). The SMILES string of the molecule is Cc1cc(C(=O)CSc2nnc(C)n2C2CC2)c(C)n1CCC1=CCCCC1. The second kappa shape index (κ2) is 8.27. The third-order valence-corrected chi connectivity index (χ3v) is 6.94. The van der Waals surface area contributed by atoms with Gasteiger partial charge in [0.25, 0.3) is 0 Å². The highest BCUT2D eigenvalue weighted by molar-refractivity contribution is 7.99. The fourth-order valence-electron chi connectivity index (χ4n) is 4.22. The van der Waals surface area contributed by atoms with Crippen molar-refractivity contribution in [2.75, 3.05) is 5.75 Å². The lowest BCUT2D eigenvalue weighted by Crippen LogP contribution is -2.08. The van der Waals surface area contributed by atoms with Gasteiger partial charge in [-0.1, -0.05) is 23.4 Å². The number of carbonyl (C=O) groups excluding carboxylic acids is 1. The van der Waals surface area contributed by atoms with Gasteiger partial charge in [-0.3, -0.25) is 4.79 Å². The molecule has 5 nitrogen and oxygen atoms in total. The number of nitrogens with zero attached hydrogens (tertiary/aromatic N) is 4. The average molecular weight is 399 g/mol. The Morgan fingerprint density at radius 1 is 1.21 bits per heavy atom. The number of carbonyl (C=O) groups is 1. The summed E-state index contributed by atoms with van der Waals surface area (Å²) in [5, 5.41) is 9.37. The number of hydrogen-bond donors (Lipinski definition) is 0. The Bertz CT molecular complexity index is 904. The van der Waals surface area contributed by atoms with E-state index in [4.69, 9.17) is 0 Å². The molecule has 0 radical (unpaired) electrons. The van der Waals surface area contributed by atoms with Crippen LogP contribution in [-0.4, -0.2) is 30.9 Å². The van der Waals surface area contributed by atoms with Gasteiger partial charge in [0.05, 0.1) is 5.75 Å². The van der Waals surface area contributed by atoms with Gasteiger partial charge in [-0.2, -0.15) is 0 Å². The van der Waals surface area contributed by atoms with E-state index >= 15 is 0 Å². The predicted octanol–water partition coefficient (Wildman–Crippen LogP) is 5.21. The molecule has 150 valence electrons. The van der Waals surface area contributed by atoms with Crippen LogP contribution in [0.15, 0.2) is 22.9 Å². The van der Waals surface area contributed by atoms with E-state index in [1.807, 2.05) is 6.92 Å². The molecule has 0 atom stereocenters. The predicted molar refractivity (Wildman–Crippen MR) is 113 cm³/mol. The van der Waals surface area contributed by atoms with Crippen LogP contribution in [0.1, 0.15) is 78.6 Å². The Balaban J connectivity index is 1.41. The molecular weight excluding hydrogens is 368 g/mol. The molecule has 2 aliphatic carbocycles. The fourth-order valence-corrected chi connectivity index (χ4v) is 5.16. The van der Waals surface area contributed by atoms with Gasteiger partial charge in [-0.25, -0.2) is 0 Å². The van der Waals surface area contributed by atoms with Crippen LogP contribution in [0.5, 0.6) is 0 Å². The van der Waals surface area contributed by atoms with Gasteiger partial charge in [0.1, 0.15) is 5.82 Å². The molecule has 0 aliphatic heterocycles. The molecule has 0 amide bonds. The molecule has 2 aliphatic rings. The van der Waals surface area contributed by atoms with Crippen LogP contribution in [0.25, 0.3) is 0 Å². The van der Waals surface area contributed by atoms with Gasteiger partial charge < -0.3 is 9.13 Å². The largest absolute Gasteiger partial charge is 0.348 e. The molecular formula is C22H30N4OS. The summed E-state index contributed by atoms with van der Waals surface area (Å²) in [6.07, 6.45) is 11.0. The van der Waals surface area contributed by atoms with E-state index in [1.54, 1.807) is 5.57 Å². The molecule has 2 aromatic heterocycles. The molecule has 1 saturated carbocycles. The van der Waals surface area contributed by atoms with Gasteiger partial charge in [0, 0.05) is 29.5 Å². The minimum Gasteiger partial charge on any atom is -0.348 e. The first kappa shape index (κ1) is 19.5. The number of hydrogen-bond acceptors (Lipinski definition) is 4. The number of aromatic nitrogens is 4. The first-order chi connectivity index (χ1) is 13.5. The van der Waals surface area contributed by atoms with Gasteiger partial charge in [-0.15, -0.1) is 10.2 Å². The summed E-state index contributed by atoms with van der Waals surface area (Å²) < 4.78 is 4.50. The smallest absolute Gasteiger partial charge is 0.191 e. The standard InChI is InChI=1S/C22H30N4OS/c1-15-13-20(16(2)25(15)12-11-18-7-5-4-6-8-18)21(27)14-28-22-24-23-17(3)26(22)19-9-10-19/h7,13,19H,4-6,8-12,14H2,1-3H3. The van der Waals surface area contributed by atoms with Gasteiger partial charge in [-0.05, 0) is 71.8 Å². The van der Waals surface area contributed by atoms with Crippen molar-refractivity contribution in [1.82, 2.24) is 19.3 Å². The van der Waals surface area contributed by atoms with E-state index in [1.165, 1.54) is 56.0 Å². The summed E-state index contributed by atoms with van der Waals surface area (Å²) >= 11 is 1.52. The Hall–Kier alpha value is -1.82. The minimum atomic E-state index is 0.184. The second-order valence-corrected chi connectivity index (χ2v) is 9.08. The maximum absolute atomic E-state index is 12.9. The zero-order valence-corrected chi connectivity index (χ0v) is 18.0. The average Bonchev–Trinajstić information content (AvgIpc) is 3.40. The van der Waals surface area contributed by atoms with Crippen molar-refractivity contribution in [1.29, 1.82) is 0 Å². The summed E-state index contributed by atoms with van der Waals surface area (Å²) in [7, 11) is 0. The molecule has 2 aromatic rings. The van der Waals surface area contributed by atoms with Crippen LogP contribution in [0.3, 0.4) is 0 Å². The first-order valence-corrected chi connectivity index (χ1v) is 11.5. The Morgan fingerprint density at radius 3 is 2.75 bits per heavy atom. The van der Waals surface area contributed by atoms with Gasteiger partial charge >= 0.3 is 0 Å². The molecule has 0 spiro atoms. The van der Waals surface area contributed by atoms with Crippen molar-refractivity contribution in [2.24, 2.45) is 0 Å². The van der Waals surface area contributed by atoms with E-state index in [-0.39, 0.29) is 5.78 Å². The Morgan fingerprint density at radius 2 is 2.04 bits per heavy atom. The number of thioether (sulfide) groups is 1. The van der Waals surface area contributed by atoms with E-state index in [2.05, 4.69) is 45.3 Å². The molecule has 0 N–H and O–H groups in total. The van der Waals surface area contributed by atoms with Crippen LogP contribution in [-0.2, 0) is 6.54 Å². The highest BCUT2D eigenvalue weighted by Crippen LogP contribution is 2.38.